The van der Waals surface area contributed by atoms with Gasteiger partial charge in [-0.05, 0) is 12.0 Å². The fraction of sp³-hybridized carbons (Fsp3) is 0.417. The molecule has 1 saturated heterocycles. The normalized spacial score (nSPS) is 20.4. The molecule has 1 fully saturated rings. The van der Waals surface area contributed by atoms with Gasteiger partial charge in [-0.2, -0.15) is 0 Å². The average molecular weight is 220 g/mol. The Morgan fingerprint density at radius 1 is 1.38 bits per heavy atom. The van der Waals surface area contributed by atoms with Crippen LogP contribution in [0.2, 0.25) is 0 Å². The number of hydrogen-bond donors (Lipinski definition) is 1. The SMILES string of the molecule is NN1C(=O)CCC1COCc1ccccc1. The molecule has 0 aliphatic carbocycles. The lowest BCUT2D eigenvalue weighted by molar-refractivity contribution is -0.130. The number of carbonyl (C=O) groups excluding carboxylic acids is 1. The number of ether oxygens (including phenoxy) is 1. The second kappa shape index (κ2) is 5.09. The monoisotopic (exact) mass is 220 g/mol. The van der Waals surface area contributed by atoms with Gasteiger partial charge in [-0.25, -0.2) is 5.84 Å². The summed E-state index contributed by atoms with van der Waals surface area (Å²) < 4.78 is 5.55. The standard InChI is InChI=1S/C12H16N2O2/c13-14-11(6-7-12(14)15)9-16-8-10-4-2-1-3-5-10/h1-5,11H,6-9,13H2. The van der Waals surface area contributed by atoms with Gasteiger partial charge in [-0.1, -0.05) is 30.3 Å². The first kappa shape index (κ1) is 11.1. The van der Waals surface area contributed by atoms with Gasteiger partial charge in [0.2, 0.25) is 5.91 Å². The molecule has 2 rings (SSSR count). The lowest BCUT2D eigenvalue weighted by atomic mass is 10.2. The van der Waals surface area contributed by atoms with E-state index in [1.165, 1.54) is 5.01 Å². The van der Waals surface area contributed by atoms with E-state index in [4.69, 9.17) is 10.6 Å². The molecule has 86 valence electrons. The van der Waals surface area contributed by atoms with E-state index in [-0.39, 0.29) is 11.9 Å². The molecule has 0 radical (unpaired) electrons. The van der Waals surface area contributed by atoms with E-state index in [1.807, 2.05) is 30.3 Å². The smallest absolute Gasteiger partial charge is 0.236 e. The fourth-order valence-electron chi connectivity index (χ4n) is 1.81. The van der Waals surface area contributed by atoms with Crippen molar-refractivity contribution in [2.75, 3.05) is 6.61 Å². The number of hydrogen-bond acceptors (Lipinski definition) is 3. The number of nitrogens with two attached hydrogens (primary N) is 1. The van der Waals surface area contributed by atoms with E-state index >= 15 is 0 Å². The zero-order chi connectivity index (χ0) is 11.4. The molecule has 1 aromatic rings. The number of nitrogens with zero attached hydrogens (tertiary/aromatic N) is 1. The first-order valence-corrected chi connectivity index (χ1v) is 5.46. The summed E-state index contributed by atoms with van der Waals surface area (Å²) in [7, 11) is 0. The highest BCUT2D eigenvalue weighted by molar-refractivity contribution is 5.78. The molecule has 0 saturated carbocycles. The van der Waals surface area contributed by atoms with E-state index in [0.29, 0.717) is 19.6 Å². The van der Waals surface area contributed by atoms with Crippen LogP contribution < -0.4 is 5.84 Å². The maximum Gasteiger partial charge on any atom is 0.236 e. The van der Waals surface area contributed by atoms with Crippen molar-refractivity contribution in [2.45, 2.75) is 25.5 Å². The highest BCUT2D eigenvalue weighted by atomic mass is 16.5. The summed E-state index contributed by atoms with van der Waals surface area (Å²) in [5, 5.41) is 1.30. The van der Waals surface area contributed by atoms with Crippen molar-refractivity contribution < 1.29 is 9.53 Å². The fourth-order valence-corrected chi connectivity index (χ4v) is 1.81. The Labute approximate surface area is 95.0 Å². The van der Waals surface area contributed by atoms with Gasteiger partial charge in [-0.3, -0.25) is 9.80 Å². The van der Waals surface area contributed by atoms with E-state index in [1.54, 1.807) is 0 Å². The number of carbonyl (C=O) groups is 1. The Hall–Kier alpha value is -1.39. The molecule has 4 nitrogen and oxygen atoms in total. The minimum Gasteiger partial charge on any atom is -0.375 e. The number of benzene rings is 1. The number of rotatable bonds is 4. The van der Waals surface area contributed by atoms with Gasteiger partial charge in [0.15, 0.2) is 0 Å². The maximum atomic E-state index is 11.2. The highest BCUT2D eigenvalue weighted by Gasteiger charge is 2.28. The van der Waals surface area contributed by atoms with Crippen LogP contribution >= 0.6 is 0 Å². The third-order valence-electron chi connectivity index (χ3n) is 2.79. The lowest BCUT2D eigenvalue weighted by Crippen LogP contribution is -2.41. The minimum atomic E-state index is 0.00770. The minimum absolute atomic E-state index is 0.00770. The predicted octanol–water partition coefficient (Wildman–Crippen LogP) is 1.07. The van der Waals surface area contributed by atoms with Crippen molar-refractivity contribution in [2.24, 2.45) is 5.84 Å². The molecule has 0 bridgehead atoms. The Bertz CT molecular complexity index is 353. The summed E-state index contributed by atoms with van der Waals surface area (Å²) in [4.78, 5) is 11.2. The largest absolute Gasteiger partial charge is 0.375 e. The molecule has 1 amide bonds. The van der Waals surface area contributed by atoms with E-state index < -0.39 is 0 Å². The first-order valence-electron chi connectivity index (χ1n) is 5.46. The van der Waals surface area contributed by atoms with Crippen molar-refractivity contribution in [3.05, 3.63) is 35.9 Å². The molecule has 1 atom stereocenters. The highest BCUT2D eigenvalue weighted by Crippen LogP contribution is 2.15. The summed E-state index contributed by atoms with van der Waals surface area (Å²) in [6.45, 7) is 1.08. The molecule has 4 heteroatoms. The summed E-state index contributed by atoms with van der Waals surface area (Å²) in [5.74, 6) is 5.61. The van der Waals surface area contributed by atoms with Crippen molar-refractivity contribution in [3.63, 3.8) is 0 Å². The van der Waals surface area contributed by atoms with Crippen LogP contribution in [0.5, 0.6) is 0 Å². The quantitative estimate of drug-likeness (QED) is 0.610. The van der Waals surface area contributed by atoms with E-state index in [2.05, 4.69) is 0 Å². The topological polar surface area (TPSA) is 55.6 Å². The third kappa shape index (κ3) is 2.59. The van der Waals surface area contributed by atoms with E-state index in [9.17, 15) is 4.79 Å². The lowest BCUT2D eigenvalue weighted by Gasteiger charge is -2.18. The molecule has 1 unspecified atom stereocenters. The zero-order valence-electron chi connectivity index (χ0n) is 9.13. The van der Waals surface area contributed by atoms with Crippen LogP contribution in [0.3, 0.4) is 0 Å². The third-order valence-corrected chi connectivity index (χ3v) is 2.79. The Kier molecular flexibility index (Phi) is 3.54. The molecule has 1 aliphatic heterocycles. The summed E-state index contributed by atoms with van der Waals surface area (Å²) >= 11 is 0. The van der Waals surface area contributed by atoms with Crippen LogP contribution in [0.1, 0.15) is 18.4 Å². The van der Waals surface area contributed by atoms with Gasteiger partial charge in [0, 0.05) is 6.42 Å². The van der Waals surface area contributed by atoms with Gasteiger partial charge in [-0.15, -0.1) is 0 Å². The van der Waals surface area contributed by atoms with Crippen LogP contribution in [-0.2, 0) is 16.1 Å². The molecule has 0 aromatic heterocycles. The van der Waals surface area contributed by atoms with Crippen LogP contribution in [0, 0.1) is 0 Å². The number of amides is 1. The first-order chi connectivity index (χ1) is 7.77. The van der Waals surface area contributed by atoms with Gasteiger partial charge >= 0.3 is 0 Å². The Morgan fingerprint density at radius 3 is 2.75 bits per heavy atom. The van der Waals surface area contributed by atoms with Crippen LogP contribution in [0.25, 0.3) is 0 Å². The zero-order valence-corrected chi connectivity index (χ0v) is 9.13. The molecular weight excluding hydrogens is 204 g/mol. The van der Waals surface area contributed by atoms with E-state index in [0.717, 1.165) is 12.0 Å². The summed E-state index contributed by atoms with van der Waals surface area (Å²) in [6, 6.07) is 10.00. The van der Waals surface area contributed by atoms with Gasteiger partial charge in [0.25, 0.3) is 0 Å². The number of hydrazine groups is 1. The Morgan fingerprint density at radius 2 is 2.12 bits per heavy atom. The molecule has 2 N–H and O–H groups in total. The maximum absolute atomic E-state index is 11.2. The summed E-state index contributed by atoms with van der Waals surface area (Å²) in [5.41, 5.74) is 1.13. The molecule has 1 aromatic carbocycles. The van der Waals surface area contributed by atoms with Crippen molar-refractivity contribution >= 4 is 5.91 Å². The van der Waals surface area contributed by atoms with Crippen molar-refractivity contribution in [3.8, 4) is 0 Å². The van der Waals surface area contributed by atoms with Gasteiger partial charge < -0.3 is 4.74 Å². The van der Waals surface area contributed by atoms with Gasteiger partial charge in [0.1, 0.15) is 0 Å². The van der Waals surface area contributed by atoms with Gasteiger partial charge in [0.05, 0.1) is 19.3 Å². The van der Waals surface area contributed by atoms with Crippen LogP contribution in [0.4, 0.5) is 0 Å². The Balaban J connectivity index is 1.75. The molecular formula is C12H16N2O2. The predicted molar refractivity (Wildman–Crippen MR) is 60.2 cm³/mol. The van der Waals surface area contributed by atoms with Crippen LogP contribution in [0.15, 0.2) is 30.3 Å². The average Bonchev–Trinajstić information content (AvgIpc) is 2.62. The molecule has 1 aliphatic rings. The molecule has 16 heavy (non-hydrogen) atoms. The second-order valence-electron chi connectivity index (χ2n) is 3.99. The van der Waals surface area contributed by atoms with Crippen molar-refractivity contribution in [1.29, 1.82) is 0 Å². The second-order valence-corrected chi connectivity index (χ2v) is 3.99. The van der Waals surface area contributed by atoms with Crippen molar-refractivity contribution in [1.82, 2.24) is 5.01 Å². The summed E-state index contributed by atoms with van der Waals surface area (Å²) in [6.07, 6.45) is 1.33. The van der Waals surface area contributed by atoms with Crippen LogP contribution in [-0.4, -0.2) is 23.6 Å². The molecule has 0 spiro atoms. The molecule has 1 heterocycles.